The molecule has 2 atom stereocenters. The molecule has 0 saturated heterocycles. The molecule has 0 aromatic rings. The van der Waals surface area contributed by atoms with Crippen molar-refractivity contribution in [2.45, 2.75) is 13.0 Å². The lowest BCUT2D eigenvalue weighted by atomic mass is 10.4. The molecule has 0 fully saturated rings. The minimum absolute atomic E-state index is 0.287. The summed E-state index contributed by atoms with van der Waals surface area (Å²) in [6, 6.07) is 0.287. The normalized spacial score (nSPS) is 15.9. The molecule has 0 bridgehead atoms. The van der Waals surface area contributed by atoms with Crippen molar-refractivity contribution < 1.29 is 4.21 Å². The van der Waals surface area contributed by atoms with Gasteiger partial charge in [-0.3, -0.25) is 4.21 Å². The van der Waals surface area contributed by atoms with Gasteiger partial charge in [-0.15, -0.1) is 0 Å². The third-order valence-electron chi connectivity index (χ3n) is 1.13. The zero-order chi connectivity index (χ0) is 8.85. The lowest BCUT2D eigenvalue weighted by Crippen LogP contribution is -2.31. The summed E-state index contributed by atoms with van der Waals surface area (Å²) in [6.07, 6.45) is 1.71. The van der Waals surface area contributed by atoms with E-state index >= 15 is 0 Å². The molecule has 0 spiro atoms. The first-order valence-electron chi connectivity index (χ1n) is 3.39. The number of halogens is 1. The Labute approximate surface area is 79.0 Å². The summed E-state index contributed by atoms with van der Waals surface area (Å²) in [7, 11) is -0.718. The maximum Gasteiger partial charge on any atom is 0.0383 e. The van der Waals surface area contributed by atoms with Crippen LogP contribution in [0.3, 0.4) is 0 Å². The van der Waals surface area contributed by atoms with Crippen LogP contribution in [0.2, 0.25) is 0 Å². The van der Waals surface area contributed by atoms with Crippen LogP contribution in [0.5, 0.6) is 0 Å². The van der Waals surface area contributed by atoms with E-state index in [1.807, 2.05) is 6.92 Å². The Hall–Kier alpha value is 0.330. The molecule has 1 N–H and O–H groups in total. The predicted octanol–water partition coefficient (Wildman–Crippen LogP) is 1.25. The first-order chi connectivity index (χ1) is 5.02. The zero-order valence-electron chi connectivity index (χ0n) is 6.89. The SMILES string of the molecule is C=C(Br)CNC(C)CS(C)=O. The molecule has 0 heterocycles. The maximum absolute atomic E-state index is 10.7. The van der Waals surface area contributed by atoms with Gasteiger partial charge in [-0.1, -0.05) is 22.5 Å². The van der Waals surface area contributed by atoms with Crippen molar-refractivity contribution in [1.29, 1.82) is 0 Å². The smallest absolute Gasteiger partial charge is 0.0383 e. The van der Waals surface area contributed by atoms with Crippen LogP contribution in [0, 0.1) is 0 Å². The molecule has 0 aliphatic carbocycles. The van der Waals surface area contributed by atoms with Crippen molar-refractivity contribution in [3.8, 4) is 0 Å². The quantitative estimate of drug-likeness (QED) is 0.783. The Morgan fingerprint density at radius 3 is 2.73 bits per heavy atom. The van der Waals surface area contributed by atoms with Gasteiger partial charge in [-0.2, -0.15) is 0 Å². The fraction of sp³-hybridized carbons (Fsp3) is 0.714. The van der Waals surface area contributed by atoms with Gasteiger partial charge in [0.2, 0.25) is 0 Å². The van der Waals surface area contributed by atoms with Gasteiger partial charge < -0.3 is 5.32 Å². The van der Waals surface area contributed by atoms with E-state index in [4.69, 9.17) is 0 Å². The summed E-state index contributed by atoms with van der Waals surface area (Å²) in [5.41, 5.74) is 0. The Kier molecular flexibility index (Phi) is 6.09. The minimum Gasteiger partial charge on any atom is -0.309 e. The second-order valence-electron chi connectivity index (χ2n) is 2.54. The van der Waals surface area contributed by atoms with E-state index in [1.54, 1.807) is 6.26 Å². The van der Waals surface area contributed by atoms with Crippen LogP contribution in [0.1, 0.15) is 6.92 Å². The average molecular weight is 240 g/mol. The van der Waals surface area contributed by atoms with Gasteiger partial charge >= 0.3 is 0 Å². The van der Waals surface area contributed by atoms with E-state index in [0.29, 0.717) is 5.75 Å². The van der Waals surface area contributed by atoms with E-state index < -0.39 is 10.8 Å². The van der Waals surface area contributed by atoms with E-state index in [2.05, 4.69) is 27.8 Å². The third kappa shape index (κ3) is 8.23. The molecule has 0 aliphatic heterocycles. The topological polar surface area (TPSA) is 29.1 Å². The van der Waals surface area contributed by atoms with Crippen LogP contribution in [0.4, 0.5) is 0 Å². The molecule has 2 nitrogen and oxygen atoms in total. The minimum atomic E-state index is -0.718. The maximum atomic E-state index is 10.7. The van der Waals surface area contributed by atoms with Crippen LogP contribution >= 0.6 is 15.9 Å². The fourth-order valence-electron chi connectivity index (χ4n) is 0.696. The zero-order valence-corrected chi connectivity index (χ0v) is 9.30. The standard InChI is InChI=1S/C7H14BrNOS/c1-6(8)4-9-7(2)5-11(3)10/h7,9H,1,4-5H2,2-3H3. The highest BCUT2D eigenvalue weighted by Gasteiger charge is 2.02. The van der Waals surface area contributed by atoms with Crippen LogP contribution in [0.15, 0.2) is 11.1 Å². The van der Waals surface area contributed by atoms with Crippen LogP contribution in [-0.4, -0.2) is 28.8 Å². The highest BCUT2D eigenvalue weighted by atomic mass is 79.9. The number of hydrogen-bond donors (Lipinski definition) is 1. The van der Waals surface area contributed by atoms with Crippen LogP contribution < -0.4 is 5.32 Å². The summed E-state index contributed by atoms with van der Waals surface area (Å²) in [5, 5.41) is 3.17. The molecule has 66 valence electrons. The number of hydrogen-bond acceptors (Lipinski definition) is 2. The highest BCUT2D eigenvalue weighted by molar-refractivity contribution is 9.11. The molecule has 2 unspecified atom stereocenters. The van der Waals surface area contributed by atoms with E-state index in [1.165, 1.54) is 0 Å². The van der Waals surface area contributed by atoms with Crippen molar-refractivity contribution in [3.63, 3.8) is 0 Å². The van der Waals surface area contributed by atoms with Gasteiger partial charge in [0.1, 0.15) is 0 Å². The fourth-order valence-corrected chi connectivity index (χ4v) is 1.68. The molecule has 11 heavy (non-hydrogen) atoms. The molecule has 0 amide bonds. The molecule has 0 aliphatic rings. The second kappa shape index (κ2) is 5.91. The molecule has 0 radical (unpaired) electrons. The van der Waals surface area contributed by atoms with Crippen molar-refractivity contribution in [2.24, 2.45) is 0 Å². The van der Waals surface area contributed by atoms with E-state index in [0.717, 1.165) is 11.0 Å². The molecule has 0 aromatic carbocycles. The number of rotatable bonds is 5. The number of nitrogens with one attached hydrogen (secondary N) is 1. The van der Waals surface area contributed by atoms with Crippen molar-refractivity contribution in [3.05, 3.63) is 11.1 Å². The Morgan fingerprint density at radius 2 is 2.36 bits per heavy atom. The van der Waals surface area contributed by atoms with E-state index in [9.17, 15) is 4.21 Å². The first kappa shape index (κ1) is 11.3. The Morgan fingerprint density at radius 1 is 1.82 bits per heavy atom. The lowest BCUT2D eigenvalue weighted by Gasteiger charge is -2.10. The lowest BCUT2D eigenvalue weighted by molar-refractivity contribution is 0.623. The van der Waals surface area contributed by atoms with Crippen molar-refractivity contribution in [2.75, 3.05) is 18.6 Å². The largest absolute Gasteiger partial charge is 0.309 e. The molecule has 0 aromatic heterocycles. The molecule has 0 rings (SSSR count). The summed E-state index contributed by atoms with van der Waals surface area (Å²) in [5.74, 6) is 0.695. The highest BCUT2D eigenvalue weighted by Crippen LogP contribution is 1.97. The summed E-state index contributed by atoms with van der Waals surface area (Å²) in [6.45, 7) is 6.43. The van der Waals surface area contributed by atoms with Crippen molar-refractivity contribution >= 4 is 26.7 Å². The summed E-state index contributed by atoms with van der Waals surface area (Å²) < 4.78 is 11.7. The molecular formula is C7H14BrNOS. The predicted molar refractivity (Wildman–Crippen MR) is 54.5 cm³/mol. The Bertz CT molecular complexity index is 161. The van der Waals surface area contributed by atoms with Gasteiger partial charge in [0.15, 0.2) is 0 Å². The van der Waals surface area contributed by atoms with Gasteiger partial charge in [-0.25, -0.2) is 0 Å². The monoisotopic (exact) mass is 239 g/mol. The molecule has 0 saturated carbocycles. The van der Waals surface area contributed by atoms with Gasteiger partial charge in [-0.05, 0) is 6.92 Å². The van der Waals surface area contributed by atoms with Gasteiger partial charge in [0.25, 0.3) is 0 Å². The van der Waals surface area contributed by atoms with Gasteiger partial charge in [0.05, 0.1) is 0 Å². The van der Waals surface area contributed by atoms with Crippen molar-refractivity contribution in [1.82, 2.24) is 5.32 Å². The average Bonchev–Trinajstić information content (AvgIpc) is 1.82. The van der Waals surface area contributed by atoms with Gasteiger partial charge in [0, 0.05) is 39.9 Å². The van der Waals surface area contributed by atoms with Crippen LogP contribution in [0.25, 0.3) is 0 Å². The van der Waals surface area contributed by atoms with E-state index in [-0.39, 0.29) is 6.04 Å². The van der Waals surface area contributed by atoms with Crippen LogP contribution in [-0.2, 0) is 10.8 Å². The Balaban J connectivity index is 3.44. The second-order valence-corrected chi connectivity index (χ2v) is 5.14. The summed E-state index contributed by atoms with van der Waals surface area (Å²) in [4.78, 5) is 0. The molecule has 4 heteroatoms. The molecular weight excluding hydrogens is 226 g/mol. The third-order valence-corrected chi connectivity index (χ3v) is 2.38. The summed E-state index contributed by atoms with van der Waals surface area (Å²) >= 11 is 3.24. The first-order valence-corrected chi connectivity index (χ1v) is 5.91.